The first-order chi connectivity index (χ1) is 17.5. The normalized spacial score (nSPS) is 17.5. The fraction of sp³-hybridized carbons (Fsp3) is 0.440. The summed E-state index contributed by atoms with van der Waals surface area (Å²) in [5.74, 6) is 0.606. The van der Waals surface area contributed by atoms with Crippen LogP contribution in [0, 0.1) is 0 Å². The number of aromatic nitrogens is 1. The Morgan fingerprint density at radius 3 is 2.44 bits per heavy atom. The van der Waals surface area contributed by atoms with Crippen molar-refractivity contribution < 1.29 is 17.9 Å². The third-order valence-corrected chi connectivity index (χ3v) is 9.76. The number of benzene rings is 2. The van der Waals surface area contributed by atoms with Crippen LogP contribution in [0.1, 0.15) is 23.2 Å². The van der Waals surface area contributed by atoms with Gasteiger partial charge in [-0.25, -0.2) is 13.4 Å². The summed E-state index contributed by atoms with van der Waals surface area (Å²) in [5, 5.41) is 3.97. The minimum atomic E-state index is -3.47. The summed E-state index contributed by atoms with van der Waals surface area (Å²) in [6.45, 7) is 5.96. The van der Waals surface area contributed by atoms with E-state index >= 15 is 0 Å². The quantitative estimate of drug-likeness (QED) is 0.479. The van der Waals surface area contributed by atoms with E-state index < -0.39 is 10.0 Å². The Hall–Kier alpha value is -2.73. The van der Waals surface area contributed by atoms with E-state index in [2.05, 4.69) is 21.2 Å². The van der Waals surface area contributed by atoms with Crippen molar-refractivity contribution in [2.45, 2.75) is 17.7 Å². The van der Waals surface area contributed by atoms with Gasteiger partial charge in [0.15, 0.2) is 5.13 Å². The Morgan fingerprint density at radius 2 is 1.75 bits per heavy atom. The molecule has 0 aliphatic carbocycles. The summed E-state index contributed by atoms with van der Waals surface area (Å²) >= 11 is 1.68. The molecule has 9 nitrogen and oxygen atoms in total. The Balaban J connectivity index is 1.09. The number of hydrogen-bond acceptors (Lipinski definition) is 8. The number of nitrogens with zero attached hydrogens (tertiary/aromatic N) is 4. The summed E-state index contributed by atoms with van der Waals surface area (Å²) in [6, 6.07) is 12.2. The van der Waals surface area contributed by atoms with Crippen molar-refractivity contribution in [2.24, 2.45) is 0 Å². The molecule has 2 saturated heterocycles. The lowest BCUT2D eigenvalue weighted by atomic mass is 10.2. The molecular weight excluding hydrogens is 498 g/mol. The van der Waals surface area contributed by atoms with Gasteiger partial charge in [0.25, 0.3) is 5.91 Å². The zero-order valence-electron chi connectivity index (χ0n) is 20.4. The Bertz CT molecular complexity index is 1310. The molecule has 5 rings (SSSR count). The second kappa shape index (κ2) is 10.7. The molecule has 3 heterocycles. The van der Waals surface area contributed by atoms with Crippen LogP contribution in [0.15, 0.2) is 47.4 Å². The summed E-state index contributed by atoms with van der Waals surface area (Å²) < 4.78 is 33.4. The van der Waals surface area contributed by atoms with E-state index in [1.165, 1.54) is 16.4 Å². The van der Waals surface area contributed by atoms with Crippen molar-refractivity contribution >= 4 is 42.6 Å². The predicted molar refractivity (Wildman–Crippen MR) is 142 cm³/mol. The smallest absolute Gasteiger partial charge is 0.251 e. The average molecular weight is 530 g/mol. The number of sulfonamides is 1. The van der Waals surface area contributed by atoms with Crippen LogP contribution in [-0.2, 0) is 10.0 Å². The van der Waals surface area contributed by atoms with E-state index in [1.807, 2.05) is 12.1 Å². The number of carbonyl (C=O) groups excluding carboxylic acids is 1. The highest BCUT2D eigenvalue weighted by Crippen LogP contribution is 2.34. The number of thiazole rings is 1. The Kier molecular flexibility index (Phi) is 7.42. The molecule has 2 fully saturated rings. The molecule has 1 amide bonds. The number of para-hydroxylation sites is 1. The fourth-order valence-corrected chi connectivity index (χ4v) is 7.21. The lowest BCUT2D eigenvalue weighted by Crippen LogP contribution is -2.48. The van der Waals surface area contributed by atoms with E-state index in [0.29, 0.717) is 25.2 Å². The molecule has 2 aliphatic rings. The number of anilines is 1. The lowest BCUT2D eigenvalue weighted by Gasteiger charge is -2.34. The van der Waals surface area contributed by atoms with Crippen LogP contribution in [0.5, 0.6) is 5.75 Å². The van der Waals surface area contributed by atoms with Gasteiger partial charge in [0.2, 0.25) is 10.0 Å². The zero-order valence-corrected chi connectivity index (χ0v) is 22.0. The van der Waals surface area contributed by atoms with E-state index in [0.717, 1.165) is 66.7 Å². The molecular formula is C25H31N5O4S2. The molecule has 1 N–H and O–H groups in total. The maximum Gasteiger partial charge on any atom is 0.251 e. The molecule has 0 unspecified atom stereocenters. The van der Waals surface area contributed by atoms with Crippen LogP contribution in [0.4, 0.5) is 5.13 Å². The molecule has 0 radical (unpaired) electrons. The molecule has 1 aromatic heterocycles. The lowest BCUT2D eigenvalue weighted by molar-refractivity contribution is 0.0947. The van der Waals surface area contributed by atoms with Gasteiger partial charge in [0, 0.05) is 57.9 Å². The second-order valence-corrected chi connectivity index (χ2v) is 12.0. The Labute approximate surface area is 215 Å². The summed E-state index contributed by atoms with van der Waals surface area (Å²) in [4.78, 5) is 22.2. The number of piperazine rings is 1. The van der Waals surface area contributed by atoms with Gasteiger partial charge in [0.05, 0.1) is 16.7 Å². The summed E-state index contributed by atoms with van der Waals surface area (Å²) in [7, 11) is -1.80. The van der Waals surface area contributed by atoms with Crippen molar-refractivity contribution in [3.8, 4) is 5.75 Å². The number of rotatable bonds is 8. The van der Waals surface area contributed by atoms with Crippen molar-refractivity contribution in [3.05, 3.63) is 48.0 Å². The monoisotopic (exact) mass is 529 g/mol. The highest BCUT2D eigenvalue weighted by molar-refractivity contribution is 7.89. The molecule has 0 bridgehead atoms. The van der Waals surface area contributed by atoms with Crippen molar-refractivity contribution in [1.82, 2.24) is 19.5 Å². The molecule has 192 valence electrons. The van der Waals surface area contributed by atoms with Crippen LogP contribution in [0.2, 0.25) is 0 Å². The average Bonchev–Trinajstić information content (AvgIpc) is 3.60. The molecule has 2 aliphatic heterocycles. The number of nitrogens with one attached hydrogen (secondary N) is 1. The maximum atomic E-state index is 12.7. The number of hydrogen-bond donors (Lipinski definition) is 1. The number of fused-ring (bicyclic) bond motifs is 1. The first-order valence-corrected chi connectivity index (χ1v) is 14.5. The van der Waals surface area contributed by atoms with Gasteiger partial charge in [-0.1, -0.05) is 17.4 Å². The van der Waals surface area contributed by atoms with E-state index in [-0.39, 0.29) is 10.8 Å². The third-order valence-electron chi connectivity index (χ3n) is 6.77. The summed E-state index contributed by atoms with van der Waals surface area (Å²) in [6.07, 6.45) is 1.79. The SMILES string of the molecule is COc1cccc2sc(N3CCN(CCNC(=O)c4ccc(S(=O)(=O)N5CCCC5)cc4)CC3)nc12. The molecule has 2 aromatic carbocycles. The molecule has 0 spiro atoms. The second-order valence-electron chi connectivity index (χ2n) is 9.02. The minimum Gasteiger partial charge on any atom is -0.494 e. The zero-order chi connectivity index (χ0) is 25.1. The first-order valence-electron chi connectivity index (χ1n) is 12.2. The number of ether oxygens (including phenoxy) is 1. The first kappa shape index (κ1) is 24.9. The largest absolute Gasteiger partial charge is 0.494 e. The van der Waals surface area contributed by atoms with Gasteiger partial charge in [-0.05, 0) is 49.2 Å². The number of amides is 1. The van der Waals surface area contributed by atoms with Crippen molar-refractivity contribution in [3.63, 3.8) is 0 Å². The maximum absolute atomic E-state index is 12.7. The van der Waals surface area contributed by atoms with Crippen molar-refractivity contribution in [1.29, 1.82) is 0 Å². The van der Waals surface area contributed by atoms with E-state index in [4.69, 9.17) is 9.72 Å². The van der Waals surface area contributed by atoms with Gasteiger partial charge in [-0.2, -0.15) is 4.31 Å². The van der Waals surface area contributed by atoms with Crippen LogP contribution in [0.3, 0.4) is 0 Å². The molecule has 36 heavy (non-hydrogen) atoms. The summed E-state index contributed by atoms with van der Waals surface area (Å²) in [5.41, 5.74) is 1.37. The van der Waals surface area contributed by atoms with Crippen LogP contribution < -0.4 is 15.0 Å². The highest BCUT2D eigenvalue weighted by Gasteiger charge is 2.27. The van der Waals surface area contributed by atoms with Gasteiger partial charge in [-0.3, -0.25) is 9.69 Å². The topological polar surface area (TPSA) is 95.1 Å². The van der Waals surface area contributed by atoms with E-state index in [9.17, 15) is 13.2 Å². The minimum absolute atomic E-state index is 0.192. The van der Waals surface area contributed by atoms with E-state index in [1.54, 1.807) is 30.6 Å². The number of carbonyl (C=O) groups is 1. The fourth-order valence-electron chi connectivity index (χ4n) is 4.66. The van der Waals surface area contributed by atoms with Gasteiger partial charge in [-0.15, -0.1) is 0 Å². The molecule has 3 aromatic rings. The van der Waals surface area contributed by atoms with Gasteiger partial charge < -0.3 is 15.0 Å². The van der Waals surface area contributed by atoms with Crippen molar-refractivity contribution in [2.75, 3.05) is 64.4 Å². The third kappa shape index (κ3) is 5.19. The highest BCUT2D eigenvalue weighted by atomic mass is 32.2. The number of methoxy groups -OCH3 is 1. The van der Waals surface area contributed by atoms with Crippen LogP contribution in [-0.4, -0.2) is 88.0 Å². The molecule has 11 heteroatoms. The van der Waals surface area contributed by atoms with Gasteiger partial charge in [0.1, 0.15) is 11.3 Å². The van der Waals surface area contributed by atoms with Crippen LogP contribution in [0.25, 0.3) is 10.2 Å². The Morgan fingerprint density at radius 1 is 1.03 bits per heavy atom. The standard InChI is InChI=1S/C25H31N5O4S2/c1-34-21-5-4-6-22-23(21)27-25(35-22)29-17-15-28(16-18-29)14-11-26-24(31)19-7-9-20(10-8-19)36(32,33)30-12-2-3-13-30/h4-10H,2-3,11-18H2,1H3,(H,26,31). The van der Waals surface area contributed by atoms with Gasteiger partial charge >= 0.3 is 0 Å². The predicted octanol–water partition coefficient (Wildman–Crippen LogP) is 2.64. The van der Waals surface area contributed by atoms with Crippen LogP contribution >= 0.6 is 11.3 Å². The molecule has 0 atom stereocenters. The molecule has 0 saturated carbocycles.